The van der Waals surface area contributed by atoms with Gasteiger partial charge in [0.2, 0.25) is 0 Å². The first-order chi connectivity index (χ1) is 11.9. The third-order valence-electron chi connectivity index (χ3n) is 3.68. The monoisotopic (exact) mass is 352 g/mol. The van der Waals surface area contributed by atoms with E-state index in [9.17, 15) is 9.59 Å². The number of carbonyl (C=O) groups excluding carboxylic acids is 1. The van der Waals surface area contributed by atoms with E-state index < -0.39 is 5.97 Å². The molecular weight excluding hydrogens is 336 g/mol. The number of hydrogen-bond acceptors (Lipinski definition) is 4. The Kier molecular flexibility index (Phi) is 4.72. The molecule has 2 N–H and O–H groups in total. The lowest BCUT2D eigenvalue weighted by molar-refractivity contribution is -0.115. The van der Waals surface area contributed by atoms with Crippen LogP contribution in [0.2, 0.25) is 0 Å². The van der Waals surface area contributed by atoms with E-state index in [-0.39, 0.29) is 11.5 Å². The van der Waals surface area contributed by atoms with Crippen LogP contribution in [0.4, 0.5) is 5.69 Å². The van der Waals surface area contributed by atoms with Crippen LogP contribution in [0.5, 0.6) is 0 Å². The number of thioether (sulfide) groups is 1. The topological polar surface area (TPSA) is 78.8 Å². The number of carboxylic acid groups (broad SMARTS) is 1. The quantitative estimate of drug-likeness (QED) is 0.821. The molecule has 6 heteroatoms. The van der Waals surface area contributed by atoms with E-state index in [1.165, 1.54) is 23.9 Å². The van der Waals surface area contributed by atoms with E-state index in [4.69, 9.17) is 5.11 Å². The molecule has 0 saturated carbocycles. The molecule has 0 atom stereocenters. The van der Waals surface area contributed by atoms with Gasteiger partial charge >= 0.3 is 5.97 Å². The van der Waals surface area contributed by atoms with E-state index in [1.807, 2.05) is 32.0 Å². The zero-order valence-electron chi connectivity index (χ0n) is 13.7. The normalized spacial score (nSPS) is 17.1. The molecule has 0 aliphatic carbocycles. The third kappa shape index (κ3) is 3.97. The fourth-order valence-corrected chi connectivity index (χ4v) is 3.23. The van der Waals surface area contributed by atoms with Crippen molar-refractivity contribution in [3.63, 3.8) is 0 Å². The number of nitrogens with one attached hydrogen (secondary N) is 1. The number of amidine groups is 1. The van der Waals surface area contributed by atoms with Gasteiger partial charge in [-0.2, -0.15) is 0 Å². The second-order valence-corrected chi connectivity index (χ2v) is 6.73. The van der Waals surface area contributed by atoms with E-state index in [1.54, 1.807) is 18.2 Å². The summed E-state index contributed by atoms with van der Waals surface area (Å²) in [6.45, 7) is 4.00. The van der Waals surface area contributed by atoms with Crippen LogP contribution < -0.4 is 5.32 Å². The van der Waals surface area contributed by atoms with Crippen molar-refractivity contribution in [1.82, 2.24) is 5.32 Å². The van der Waals surface area contributed by atoms with Crippen LogP contribution in [-0.2, 0) is 4.79 Å². The summed E-state index contributed by atoms with van der Waals surface area (Å²) < 4.78 is 0. The van der Waals surface area contributed by atoms with E-state index >= 15 is 0 Å². The second kappa shape index (κ2) is 6.94. The van der Waals surface area contributed by atoms with Crippen LogP contribution in [0.3, 0.4) is 0 Å². The molecule has 25 heavy (non-hydrogen) atoms. The lowest BCUT2D eigenvalue weighted by Crippen LogP contribution is -2.19. The summed E-state index contributed by atoms with van der Waals surface area (Å²) in [6.07, 6.45) is 1.72. The van der Waals surface area contributed by atoms with E-state index in [0.29, 0.717) is 10.1 Å². The fourth-order valence-electron chi connectivity index (χ4n) is 2.39. The Hall–Kier alpha value is -2.86. The minimum atomic E-state index is -0.977. The number of benzene rings is 2. The smallest absolute Gasteiger partial charge is 0.335 e. The summed E-state index contributed by atoms with van der Waals surface area (Å²) in [5.74, 6) is -1.19. The summed E-state index contributed by atoms with van der Waals surface area (Å²) >= 11 is 1.27. The first-order valence-corrected chi connectivity index (χ1v) is 8.44. The molecule has 0 bridgehead atoms. The summed E-state index contributed by atoms with van der Waals surface area (Å²) in [6, 6.07) is 12.3. The first-order valence-electron chi connectivity index (χ1n) is 7.62. The van der Waals surface area contributed by atoms with Gasteiger partial charge in [0.1, 0.15) is 0 Å². The first kappa shape index (κ1) is 17.0. The number of carboxylic acids is 1. The molecule has 1 amide bonds. The van der Waals surface area contributed by atoms with Gasteiger partial charge in [-0.25, -0.2) is 9.79 Å². The van der Waals surface area contributed by atoms with E-state index in [2.05, 4.69) is 10.3 Å². The number of aryl methyl sites for hydroxylation is 2. The number of rotatable bonds is 3. The van der Waals surface area contributed by atoms with Gasteiger partial charge in [0.15, 0.2) is 5.17 Å². The molecule has 0 aromatic heterocycles. The highest BCUT2D eigenvalue weighted by Crippen LogP contribution is 2.29. The molecule has 0 spiro atoms. The van der Waals surface area contributed by atoms with Crippen molar-refractivity contribution in [2.45, 2.75) is 13.8 Å². The zero-order valence-corrected chi connectivity index (χ0v) is 14.6. The van der Waals surface area contributed by atoms with Crippen molar-refractivity contribution < 1.29 is 14.7 Å². The van der Waals surface area contributed by atoms with Crippen molar-refractivity contribution in [3.8, 4) is 0 Å². The second-order valence-electron chi connectivity index (χ2n) is 5.70. The zero-order chi connectivity index (χ0) is 18.0. The van der Waals surface area contributed by atoms with Gasteiger partial charge in [0.25, 0.3) is 5.91 Å². The molecule has 2 aromatic carbocycles. The number of aromatic carboxylic acids is 1. The van der Waals surface area contributed by atoms with Crippen molar-refractivity contribution >= 4 is 40.6 Å². The van der Waals surface area contributed by atoms with Crippen molar-refractivity contribution in [2.24, 2.45) is 4.99 Å². The summed E-state index contributed by atoms with van der Waals surface area (Å²) in [5, 5.41) is 12.2. The summed E-state index contributed by atoms with van der Waals surface area (Å²) in [4.78, 5) is 28.0. The van der Waals surface area contributed by atoms with Crippen LogP contribution in [0.1, 0.15) is 27.0 Å². The molecule has 1 aliphatic rings. The lowest BCUT2D eigenvalue weighted by Gasteiger charge is -2.02. The van der Waals surface area contributed by atoms with Crippen molar-refractivity contribution in [1.29, 1.82) is 0 Å². The number of aliphatic imine (C=N–C) groups is 1. The number of amides is 1. The van der Waals surface area contributed by atoms with Gasteiger partial charge in [-0.15, -0.1) is 0 Å². The van der Waals surface area contributed by atoms with Gasteiger partial charge < -0.3 is 10.4 Å². The highest BCUT2D eigenvalue weighted by atomic mass is 32.2. The Morgan fingerprint density at radius 1 is 1.16 bits per heavy atom. The molecule has 126 valence electrons. The van der Waals surface area contributed by atoms with Crippen LogP contribution in [-0.4, -0.2) is 22.2 Å². The Bertz CT molecular complexity index is 915. The van der Waals surface area contributed by atoms with Crippen molar-refractivity contribution in [3.05, 3.63) is 69.6 Å². The van der Waals surface area contributed by atoms with Crippen LogP contribution in [0, 0.1) is 13.8 Å². The van der Waals surface area contributed by atoms with Gasteiger partial charge in [0.05, 0.1) is 16.2 Å². The van der Waals surface area contributed by atoms with Crippen LogP contribution in [0.25, 0.3) is 6.08 Å². The van der Waals surface area contributed by atoms with Gasteiger partial charge in [-0.3, -0.25) is 4.79 Å². The Morgan fingerprint density at radius 3 is 2.52 bits per heavy atom. The lowest BCUT2D eigenvalue weighted by atomic mass is 10.1. The van der Waals surface area contributed by atoms with Crippen LogP contribution >= 0.6 is 11.8 Å². The highest BCUT2D eigenvalue weighted by Gasteiger charge is 2.24. The van der Waals surface area contributed by atoms with Crippen LogP contribution in [0.15, 0.2) is 52.4 Å². The number of nitrogens with zero attached hydrogens (tertiary/aromatic N) is 1. The molecular formula is C19H16N2O3S. The maximum Gasteiger partial charge on any atom is 0.335 e. The molecule has 2 aromatic rings. The minimum Gasteiger partial charge on any atom is -0.478 e. The van der Waals surface area contributed by atoms with E-state index in [0.717, 1.165) is 22.4 Å². The molecule has 0 unspecified atom stereocenters. The average Bonchev–Trinajstić information content (AvgIpc) is 2.90. The summed E-state index contributed by atoms with van der Waals surface area (Å²) in [7, 11) is 0. The Morgan fingerprint density at radius 2 is 1.88 bits per heavy atom. The maximum atomic E-state index is 12.1. The molecule has 3 rings (SSSR count). The molecule has 1 aliphatic heterocycles. The molecule has 0 radical (unpaired) electrons. The SMILES string of the molecule is Cc1ccc(N=C2NC(=O)/C(=C/c3ccc(C(=O)O)cc3)S2)c(C)c1. The predicted octanol–water partition coefficient (Wildman–Crippen LogP) is 3.89. The predicted molar refractivity (Wildman–Crippen MR) is 100 cm³/mol. The number of hydrogen-bond donors (Lipinski definition) is 2. The Balaban J connectivity index is 1.82. The van der Waals surface area contributed by atoms with Gasteiger partial charge in [-0.05, 0) is 61.0 Å². The summed E-state index contributed by atoms with van der Waals surface area (Å²) in [5.41, 5.74) is 4.00. The number of carbonyl (C=O) groups is 2. The maximum absolute atomic E-state index is 12.1. The third-order valence-corrected chi connectivity index (χ3v) is 4.59. The largest absolute Gasteiger partial charge is 0.478 e. The highest BCUT2D eigenvalue weighted by molar-refractivity contribution is 8.18. The van der Waals surface area contributed by atoms with Gasteiger partial charge in [0, 0.05) is 0 Å². The van der Waals surface area contributed by atoms with Gasteiger partial charge in [-0.1, -0.05) is 29.8 Å². The fraction of sp³-hybridized carbons (Fsp3) is 0.105. The Labute approximate surface area is 149 Å². The standard InChI is InChI=1S/C19H16N2O3S/c1-11-3-8-15(12(2)9-11)20-19-21-17(22)16(25-19)10-13-4-6-14(7-5-13)18(23)24/h3-10H,1-2H3,(H,23,24)(H,20,21,22)/b16-10-. The molecule has 1 saturated heterocycles. The molecule has 1 fully saturated rings. The molecule has 1 heterocycles. The molecule has 5 nitrogen and oxygen atoms in total. The average molecular weight is 352 g/mol. The van der Waals surface area contributed by atoms with Crippen molar-refractivity contribution in [2.75, 3.05) is 0 Å². The minimum absolute atomic E-state index is 0.211.